The average Bonchev–Trinajstić information content (AvgIpc) is 2.70. The SMILES string of the molecule is COc1ccc2cnc(C#N)c(OC[C@H](O)C(O)c3cccc(Cl)c3)c2c1. The van der Waals surface area contributed by atoms with Crippen LogP contribution in [0.25, 0.3) is 10.8 Å². The van der Waals surface area contributed by atoms with E-state index >= 15 is 0 Å². The second-order valence-electron chi connectivity index (χ2n) is 5.88. The van der Waals surface area contributed by atoms with Gasteiger partial charge in [-0.2, -0.15) is 5.26 Å². The van der Waals surface area contributed by atoms with Crippen LogP contribution in [0, 0.1) is 11.3 Å². The van der Waals surface area contributed by atoms with Crippen molar-refractivity contribution in [2.45, 2.75) is 12.2 Å². The van der Waals surface area contributed by atoms with Gasteiger partial charge in [-0.3, -0.25) is 0 Å². The lowest BCUT2D eigenvalue weighted by Crippen LogP contribution is -2.26. The van der Waals surface area contributed by atoms with Gasteiger partial charge in [0.05, 0.1) is 7.11 Å². The Balaban J connectivity index is 1.86. The molecule has 1 heterocycles. The Morgan fingerprint density at radius 1 is 1.22 bits per heavy atom. The van der Waals surface area contributed by atoms with Crippen LogP contribution >= 0.6 is 11.6 Å². The molecule has 0 aliphatic rings. The first kappa shape index (κ1) is 18.9. The van der Waals surface area contributed by atoms with E-state index in [0.717, 1.165) is 5.39 Å². The first-order valence-electron chi connectivity index (χ1n) is 8.14. The van der Waals surface area contributed by atoms with Crippen molar-refractivity contribution >= 4 is 22.4 Å². The van der Waals surface area contributed by atoms with Crippen LogP contribution in [0.2, 0.25) is 5.02 Å². The number of benzene rings is 2. The monoisotopic (exact) mass is 384 g/mol. The van der Waals surface area contributed by atoms with Crippen LogP contribution in [0.5, 0.6) is 11.5 Å². The molecule has 6 nitrogen and oxygen atoms in total. The lowest BCUT2D eigenvalue weighted by Gasteiger charge is -2.20. The van der Waals surface area contributed by atoms with Gasteiger partial charge in [0.2, 0.25) is 0 Å². The lowest BCUT2D eigenvalue weighted by molar-refractivity contribution is -0.00881. The van der Waals surface area contributed by atoms with Gasteiger partial charge in [-0.25, -0.2) is 4.98 Å². The molecule has 0 fully saturated rings. The zero-order valence-corrected chi connectivity index (χ0v) is 15.2. The van der Waals surface area contributed by atoms with Gasteiger partial charge >= 0.3 is 0 Å². The highest BCUT2D eigenvalue weighted by molar-refractivity contribution is 6.30. The molecule has 2 atom stereocenters. The highest BCUT2D eigenvalue weighted by Gasteiger charge is 2.21. The van der Waals surface area contributed by atoms with Crippen molar-refractivity contribution in [2.24, 2.45) is 0 Å². The Morgan fingerprint density at radius 3 is 2.74 bits per heavy atom. The third-order valence-corrected chi connectivity index (χ3v) is 4.35. The number of aliphatic hydroxyl groups is 2. The Hall–Kier alpha value is -2.85. The minimum atomic E-state index is -1.23. The quantitative estimate of drug-likeness (QED) is 0.677. The van der Waals surface area contributed by atoms with Crippen LogP contribution in [0.15, 0.2) is 48.7 Å². The number of methoxy groups -OCH3 is 1. The predicted molar refractivity (Wildman–Crippen MR) is 101 cm³/mol. The smallest absolute Gasteiger partial charge is 0.183 e. The predicted octanol–water partition coefficient (Wildman–Crippen LogP) is 3.24. The van der Waals surface area contributed by atoms with Crippen LogP contribution < -0.4 is 9.47 Å². The number of nitrogens with zero attached hydrogens (tertiary/aromatic N) is 2. The van der Waals surface area contributed by atoms with Crippen molar-refractivity contribution in [1.29, 1.82) is 5.26 Å². The Labute approximate surface area is 161 Å². The van der Waals surface area contributed by atoms with E-state index in [0.29, 0.717) is 21.7 Å². The fraction of sp³-hybridized carbons (Fsp3) is 0.200. The summed E-state index contributed by atoms with van der Waals surface area (Å²) in [4.78, 5) is 4.08. The number of rotatable bonds is 6. The van der Waals surface area contributed by atoms with Gasteiger partial charge in [-0.1, -0.05) is 23.7 Å². The van der Waals surface area contributed by atoms with E-state index < -0.39 is 12.2 Å². The molecule has 1 unspecified atom stereocenters. The van der Waals surface area contributed by atoms with E-state index in [1.54, 1.807) is 55.8 Å². The van der Waals surface area contributed by atoms with Crippen LogP contribution in [0.1, 0.15) is 17.4 Å². The maximum atomic E-state index is 10.3. The Morgan fingerprint density at radius 2 is 2.04 bits per heavy atom. The topological polar surface area (TPSA) is 95.6 Å². The lowest BCUT2D eigenvalue weighted by atomic mass is 10.1. The molecule has 3 aromatic rings. The van der Waals surface area contributed by atoms with Crippen molar-refractivity contribution in [2.75, 3.05) is 13.7 Å². The number of nitriles is 1. The molecule has 0 spiro atoms. The number of hydrogen-bond acceptors (Lipinski definition) is 6. The van der Waals surface area contributed by atoms with E-state index in [9.17, 15) is 15.5 Å². The van der Waals surface area contributed by atoms with Crippen molar-refractivity contribution in [1.82, 2.24) is 4.98 Å². The zero-order chi connectivity index (χ0) is 19.4. The molecule has 0 aliphatic heterocycles. The van der Waals surface area contributed by atoms with Gasteiger partial charge in [0.15, 0.2) is 11.4 Å². The van der Waals surface area contributed by atoms with E-state index in [2.05, 4.69) is 4.98 Å². The zero-order valence-electron chi connectivity index (χ0n) is 14.5. The number of ether oxygens (including phenoxy) is 2. The van der Waals surface area contributed by atoms with Crippen LogP contribution in [-0.2, 0) is 0 Å². The third-order valence-electron chi connectivity index (χ3n) is 4.11. The van der Waals surface area contributed by atoms with Gasteiger partial charge in [-0.05, 0) is 35.9 Å². The second kappa shape index (κ2) is 8.23. The highest BCUT2D eigenvalue weighted by Crippen LogP contribution is 2.31. The summed E-state index contributed by atoms with van der Waals surface area (Å²) in [5, 5.41) is 31.8. The van der Waals surface area contributed by atoms with Gasteiger partial charge in [0.25, 0.3) is 0 Å². The van der Waals surface area contributed by atoms with E-state index in [4.69, 9.17) is 21.1 Å². The largest absolute Gasteiger partial charge is 0.497 e. The van der Waals surface area contributed by atoms with Crippen LogP contribution in [-0.4, -0.2) is 35.0 Å². The second-order valence-corrected chi connectivity index (χ2v) is 6.32. The molecular weight excluding hydrogens is 368 g/mol. The number of fused-ring (bicyclic) bond motifs is 1. The molecule has 2 aromatic carbocycles. The first-order valence-corrected chi connectivity index (χ1v) is 8.52. The summed E-state index contributed by atoms with van der Waals surface area (Å²) >= 11 is 5.92. The number of hydrogen-bond donors (Lipinski definition) is 2. The fourth-order valence-corrected chi connectivity index (χ4v) is 2.89. The molecule has 0 amide bonds. The molecule has 7 heteroatoms. The van der Waals surface area contributed by atoms with Gasteiger partial charge in [0, 0.05) is 22.0 Å². The molecule has 0 radical (unpaired) electrons. The van der Waals surface area contributed by atoms with Crippen molar-refractivity contribution in [3.8, 4) is 17.6 Å². The number of aromatic nitrogens is 1. The minimum Gasteiger partial charge on any atom is -0.497 e. The van der Waals surface area contributed by atoms with Crippen molar-refractivity contribution in [3.05, 3.63) is 64.9 Å². The average molecular weight is 385 g/mol. The fourth-order valence-electron chi connectivity index (χ4n) is 2.69. The summed E-state index contributed by atoms with van der Waals surface area (Å²) in [7, 11) is 1.54. The third kappa shape index (κ3) is 4.12. The molecule has 138 valence electrons. The molecule has 0 bridgehead atoms. The maximum absolute atomic E-state index is 10.3. The molecule has 0 saturated heterocycles. The number of halogens is 1. The van der Waals surface area contributed by atoms with E-state index in [1.807, 2.05) is 6.07 Å². The van der Waals surface area contributed by atoms with Crippen molar-refractivity contribution in [3.63, 3.8) is 0 Å². The van der Waals surface area contributed by atoms with Crippen LogP contribution in [0.4, 0.5) is 0 Å². The standard InChI is InChI=1S/C20H17ClN2O4/c1-26-15-6-5-13-10-23-17(9-22)20(16(13)8-15)27-11-18(24)19(25)12-3-2-4-14(21)7-12/h2-8,10,18-19,24-25H,11H2,1H3/t18-,19?/m0/s1. The molecular formula is C20H17ClN2O4. The Kier molecular flexibility index (Phi) is 5.77. The summed E-state index contributed by atoms with van der Waals surface area (Å²) in [6, 6.07) is 13.9. The van der Waals surface area contributed by atoms with Gasteiger partial charge < -0.3 is 19.7 Å². The minimum absolute atomic E-state index is 0.0835. The molecule has 0 saturated carbocycles. The molecule has 1 aromatic heterocycles. The molecule has 0 aliphatic carbocycles. The highest BCUT2D eigenvalue weighted by atomic mass is 35.5. The van der Waals surface area contributed by atoms with Crippen molar-refractivity contribution < 1.29 is 19.7 Å². The van der Waals surface area contributed by atoms with E-state index in [-0.39, 0.29) is 18.1 Å². The maximum Gasteiger partial charge on any atom is 0.183 e. The summed E-state index contributed by atoms with van der Waals surface area (Å²) in [6.45, 7) is -0.236. The first-order chi connectivity index (χ1) is 13.0. The molecule has 27 heavy (non-hydrogen) atoms. The summed E-state index contributed by atoms with van der Waals surface area (Å²) in [6.07, 6.45) is -0.847. The van der Waals surface area contributed by atoms with Crippen LogP contribution in [0.3, 0.4) is 0 Å². The normalized spacial score (nSPS) is 13.0. The van der Waals surface area contributed by atoms with Gasteiger partial charge in [-0.15, -0.1) is 0 Å². The number of aliphatic hydroxyl groups excluding tert-OH is 2. The summed E-state index contributed by atoms with van der Waals surface area (Å²) < 4.78 is 10.9. The van der Waals surface area contributed by atoms with Gasteiger partial charge in [0.1, 0.15) is 30.6 Å². The summed E-state index contributed by atoms with van der Waals surface area (Å²) in [5.74, 6) is 0.827. The van der Waals surface area contributed by atoms with E-state index in [1.165, 1.54) is 0 Å². The molecule has 2 N–H and O–H groups in total. The Bertz CT molecular complexity index is 1000. The molecule has 3 rings (SSSR count). The summed E-state index contributed by atoms with van der Waals surface area (Å²) in [5.41, 5.74) is 0.553. The number of pyridine rings is 1.